The van der Waals surface area contributed by atoms with Gasteiger partial charge in [0.1, 0.15) is 40.7 Å². The van der Waals surface area contributed by atoms with Gasteiger partial charge in [-0.2, -0.15) is 23.3 Å². The van der Waals surface area contributed by atoms with Crippen molar-refractivity contribution < 1.29 is 17.9 Å². The summed E-state index contributed by atoms with van der Waals surface area (Å²) in [4.78, 5) is 7.94. The molecule has 0 radical (unpaired) electrons. The molecular weight excluding hydrogens is 382 g/mol. The van der Waals surface area contributed by atoms with E-state index < -0.39 is 11.7 Å². The SMILES string of the molecule is BC(B)(B)n1nc(C2CCOCC2)cc1Nc1ncc(C(F)(F)F)c(NCC)n1. The molecule has 29 heavy (non-hydrogen) atoms. The minimum absolute atomic E-state index is 0.0814. The summed E-state index contributed by atoms with van der Waals surface area (Å²) in [6.45, 7) is 3.42. The quantitative estimate of drug-likeness (QED) is 0.670. The Morgan fingerprint density at radius 3 is 2.52 bits per heavy atom. The van der Waals surface area contributed by atoms with Gasteiger partial charge in [0.15, 0.2) is 0 Å². The van der Waals surface area contributed by atoms with Gasteiger partial charge in [-0.25, -0.2) is 4.98 Å². The molecule has 1 aliphatic heterocycles. The van der Waals surface area contributed by atoms with Crippen molar-refractivity contribution in [1.82, 2.24) is 19.7 Å². The van der Waals surface area contributed by atoms with Crippen LogP contribution in [0.15, 0.2) is 12.3 Å². The highest BCUT2D eigenvalue weighted by Gasteiger charge is 2.35. The summed E-state index contributed by atoms with van der Waals surface area (Å²) in [7, 11) is 6.03. The Hall–Kier alpha value is -2.17. The zero-order valence-electron chi connectivity index (χ0n) is 17.1. The van der Waals surface area contributed by atoms with Gasteiger partial charge in [-0.3, -0.25) is 4.68 Å². The minimum atomic E-state index is -4.53. The Kier molecular flexibility index (Phi) is 6.16. The average Bonchev–Trinajstić information content (AvgIpc) is 3.06. The molecule has 1 saturated heterocycles. The smallest absolute Gasteiger partial charge is 0.381 e. The van der Waals surface area contributed by atoms with Gasteiger partial charge >= 0.3 is 6.18 Å². The molecule has 0 bridgehead atoms. The first-order valence-electron chi connectivity index (χ1n) is 9.73. The molecule has 0 unspecified atom stereocenters. The van der Waals surface area contributed by atoms with Crippen LogP contribution in [0.2, 0.25) is 0 Å². The third-order valence-corrected chi connectivity index (χ3v) is 4.68. The molecule has 3 rings (SSSR count). The third-order valence-electron chi connectivity index (χ3n) is 4.68. The molecule has 0 aromatic carbocycles. The van der Waals surface area contributed by atoms with E-state index in [1.807, 2.05) is 34.3 Å². The molecule has 2 N–H and O–H groups in total. The molecular formula is C16H24B3F3N6O. The van der Waals surface area contributed by atoms with Crippen LogP contribution >= 0.6 is 0 Å². The molecule has 7 nitrogen and oxygen atoms in total. The number of hydrogen-bond donors (Lipinski definition) is 2. The first-order valence-corrected chi connectivity index (χ1v) is 9.73. The van der Waals surface area contributed by atoms with Gasteiger partial charge in [0.2, 0.25) is 5.95 Å². The van der Waals surface area contributed by atoms with Gasteiger partial charge in [0, 0.05) is 37.9 Å². The summed E-state index contributed by atoms with van der Waals surface area (Å²) in [5.74, 6) is 0.766. The van der Waals surface area contributed by atoms with E-state index in [2.05, 4.69) is 20.6 Å². The van der Waals surface area contributed by atoms with Crippen LogP contribution in [-0.4, -0.2) is 63.0 Å². The maximum Gasteiger partial charge on any atom is 0.421 e. The highest BCUT2D eigenvalue weighted by molar-refractivity contribution is 6.56. The normalized spacial score (nSPS) is 16.0. The van der Waals surface area contributed by atoms with Crippen LogP contribution in [0, 0.1) is 0 Å². The standard InChI is InChI=1S/C16H24B3F3N6O/c1-2-23-13-10(15(20,21)22)8-24-14(26-13)25-12-7-11(9-3-5-29-6-4-9)27-28(12)16(17,18)19/h7-9H,2-6,17-19H2,1H3,(H2,23,24,25,26). The zero-order chi connectivity index (χ0) is 21.2. The van der Waals surface area contributed by atoms with E-state index in [-0.39, 0.29) is 17.0 Å². The summed E-state index contributed by atoms with van der Waals surface area (Å²) in [6, 6.07) is 1.93. The Morgan fingerprint density at radius 2 is 1.93 bits per heavy atom. The summed E-state index contributed by atoms with van der Waals surface area (Å²) in [5.41, 5.74) is 0.0432. The Labute approximate surface area is 170 Å². The number of anilines is 3. The van der Waals surface area contributed by atoms with E-state index in [4.69, 9.17) is 9.84 Å². The number of aromatic nitrogens is 4. The maximum atomic E-state index is 13.2. The highest BCUT2D eigenvalue weighted by atomic mass is 19.4. The monoisotopic (exact) mass is 406 g/mol. The first-order chi connectivity index (χ1) is 13.6. The predicted octanol–water partition coefficient (Wildman–Crippen LogP) is 0.228. The number of nitrogens with one attached hydrogen (secondary N) is 2. The summed E-state index contributed by atoms with van der Waals surface area (Å²) >= 11 is 0. The summed E-state index contributed by atoms with van der Waals surface area (Å²) in [6.07, 6.45) is -1.95. The van der Waals surface area contributed by atoms with Crippen LogP contribution in [0.3, 0.4) is 0 Å². The molecule has 154 valence electrons. The lowest BCUT2D eigenvalue weighted by Gasteiger charge is -2.23. The second-order valence-corrected chi connectivity index (χ2v) is 8.03. The minimum Gasteiger partial charge on any atom is -0.381 e. The zero-order valence-corrected chi connectivity index (χ0v) is 17.1. The van der Waals surface area contributed by atoms with Crippen molar-refractivity contribution in [1.29, 1.82) is 0 Å². The molecule has 3 heterocycles. The molecule has 0 saturated carbocycles. The molecule has 1 aliphatic rings. The Balaban J connectivity index is 1.94. The van der Waals surface area contributed by atoms with Crippen molar-refractivity contribution in [3.8, 4) is 0 Å². The van der Waals surface area contributed by atoms with E-state index in [0.717, 1.165) is 24.7 Å². The Bertz CT molecular complexity index is 849. The van der Waals surface area contributed by atoms with Crippen LogP contribution in [0.5, 0.6) is 0 Å². The molecule has 1 fully saturated rings. The van der Waals surface area contributed by atoms with Gasteiger partial charge in [0.05, 0.1) is 5.69 Å². The molecule has 0 spiro atoms. The van der Waals surface area contributed by atoms with Crippen LogP contribution in [0.25, 0.3) is 0 Å². The fourth-order valence-corrected chi connectivity index (χ4v) is 3.26. The van der Waals surface area contributed by atoms with E-state index >= 15 is 0 Å². The number of nitrogens with zero attached hydrogens (tertiary/aromatic N) is 4. The lowest BCUT2D eigenvalue weighted by molar-refractivity contribution is -0.137. The Morgan fingerprint density at radius 1 is 1.24 bits per heavy atom. The van der Waals surface area contributed by atoms with Crippen molar-refractivity contribution in [3.63, 3.8) is 0 Å². The predicted molar refractivity (Wildman–Crippen MR) is 113 cm³/mol. The van der Waals surface area contributed by atoms with Gasteiger partial charge in [-0.1, -0.05) is 0 Å². The van der Waals surface area contributed by atoms with Crippen molar-refractivity contribution in [2.45, 2.75) is 37.1 Å². The number of hydrogen-bond acceptors (Lipinski definition) is 6. The topological polar surface area (TPSA) is 76.9 Å². The van der Waals surface area contributed by atoms with E-state index in [0.29, 0.717) is 31.5 Å². The van der Waals surface area contributed by atoms with Crippen molar-refractivity contribution in [3.05, 3.63) is 23.5 Å². The largest absolute Gasteiger partial charge is 0.421 e. The molecule has 13 heteroatoms. The summed E-state index contributed by atoms with van der Waals surface area (Å²) in [5, 5.41) is 10.2. The van der Waals surface area contributed by atoms with E-state index in [1.165, 1.54) is 0 Å². The average molecular weight is 406 g/mol. The second-order valence-electron chi connectivity index (χ2n) is 8.03. The molecule has 2 aromatic rings. The van der Waals surface area contributed by atoms with Crippen LogP contribution in [-0.2, 0) is 16.2 Å². The van der Waals surface area contributed by atoms with Crippen LogP contribution < -0.4 is 10.6 Å². The fourth-order valence-electron chi connectivity index (χ4n) is 3.26. The lowest BCUT2D eigenvalue weighted by atomic mass is 9.49. The number of alkyl halides is 3. The second kappa shape index (κ2) is 8.29. The molecule has 0 atom stereocenters. The van der Waals surface area contributed by atoms with Gasteiger partial charge in [-0.15, -0.1) is 0 Å². The number of halogens is 3. The fraction of sp³-hybridized carbons (Fsp3) is 0.562. The maximum absolute atomic E-state index is 13.2. The van der Waals surface area contributed by atoms with E-state index in [1.54, 1.807) is 6.92 Å². The number of rotatable bonds is 6. The van der Waals surface area contributed by atoms with Gasteiger partial charge in [0.25, 0.3) is 0 Å². The summed E-state index contributed by atoms with van der Waals surface area (Å²) < 4.78 is 46.8. The first kappa shape index (κ1) is 21.5. The van der Waals surface area contributed by atoms with Crippen molar-refractivity contribution in [2.75, 3.05) is 30.4 Å². The van der Waals surface area contributed by atoms with Crippen LogP contribution in [0.4, 0.5) is 30.8 Å². The van der Waals surface area contributed by atoms with E-state index in [9.17, 15) is 13.2 Å². The molecule has 0 amide bonds. The van der Waals surface area contributed by atoms with Crippen LogP contribution in [0.1, 0.15) is 36.9 Å². The lowest BCUT2D eigenvalue weighted by Crippen LogP contribution is -2.37. The molecule has 2 aromatic heterocycles. The van der Waals surface area contributed by atoms with Gasteiger partial charge in [-0.05, 0) is 25.0 Å². The van der Waals surface area contributed by atoms with Crippen molar-refractivity contribution in [2.24, 2.45) is 0 Å². The van der Waals surface area contributed by atoms with Gasteiger partial charge < -0.3 is 15.4 Å². The highest BCUT2D eigenvalue weighted by Crippen LogP contribution is 2.34. The third kappa shape index (κ3) is 5.06. The molecule has 0 aliphatic carbocycles. The van der Waals surface area contributed by atoms with Crippen molar-refractivity contribution >= 4 is 41.1 Å². The number of ether oxygens (including phenoxy) is 1.